The van der Waals surface area contributed by atoms with Crippen molar-refractivity contribution in [2.75, 3.05) is 13.1 Å². The Morgan fingerprint density at radius 1 is 1.67 bits per heavy atom. The lowest BCUT2D eigenvalue weighted by molar-refractivity contribution is 0.372. The third kappa shape index (κ3) is 2.58. The summed E-state index contributed by atoms with van der Waals surface area (Å²) in [6, 6.07) is 2.13. The first-order valence-electron chi connectivity index (χ1n) is 5.72. The smallest absolute Gasteiger partial charge is 0.0631 e. The van der Waals surface area contributed by atoms with Crippen molar-refractivity contribution in [3.8, 4) is 0 Å². The first-order chi connectivity index (χ1) is 7.29. The van der Waals surface area contributed by atoms with Gasteiger partial charge >= 0.3 is 0 Å². The summed E-state index contributed by atoms with van der Waals surface area (Å²) in [6.07, 6.45) is 3.70. The molecule has 1 aliphatic rings. The van der Waals surface area contributed by atoms with Gasteiger partial charge in [-0.15, -0.1) is 0 Å². The fourth-order valence-electron chi connectivity index (χ4n) is 2.26. The molecule has 1 atom stereocenters. The average molecular weight is 208 g/mol. The van der Waals surface area contributed by atoms with E-state index in [9.17, 15) is 0 Å². The Hall–Kier alpha value is -0.870. The minimum atomic E-state index is 0.576. The highest BCUT2D eigenvalue weighted by Crippen LogP contribution is 2.16. The number of nitrogens with zero attached hydrogens (tertiary/aromatic N) is 2. The molecule has 1 aromatic heterocycles. The molecule has 0 saturated carbocycles. The van der Waals surface area contributed by atoms with Gasteiger partial charge < -0.3 is 11.1 Å². The van der Waals surface area contributed by atoms with Gasteiger partial charge in [0.25, 0.3) is 0 Å². The number of aryl methyl sites for hydroxylation is 1. The lowest BCUT2D eigenvalue weighted by atomic mass is 9.95. The molecule has 0 spiro atoms. The lowest BCUT2D eigenvalue weighted by Gasteiger charge is -2.21. The van der Waals surface area contributed by atoms with Crippen LogP contribution in [0.25, 0.3) is 0 Å². The highest BCUT2D eigenvalue weighted by Gasteiger charge is 2.15. The zero-order valence-electron chi connectivity index (χ0n) is 9.37. The molecule has 0 aromatic carbocycles. The largest absolute Gasteiger partial charge is 0.325 e. The van der Waals surface area contributed by atoms with E-state index in [0.717, 1.165) is 24.6 Å². The number of rotatable bonds is 3. The van der Waals surface area contributed by atoms with Crippen molar-refractivity contribution in [3.63, 3.8) is 0 Å². The summed E-state index contributed by atoms with van der Waals surface area (Å²) in [4.78, 5) is 0. The van der Waals surface area contributed by atoms with Gasteiger partial charge in [-0.25, -0.2) is 0 Å². The van der Waals surface area contributed by atoms with Gasteiger partial charge in [0.2, 0.25) is 0 Å². The molecule has 1 aliphatic heterocycles. The molecule has 3 N–H and O–H groups in total. The van der Waals surface area contributed by atoms with Gasteiger partial charge in [-0.1, -0.05) is 0 Å². The van der Waals surface area contributed by atoms with E-state index < -0.39 is 0 Å². The molecule has 1 aromatic rings. The van der Waals surface area contributed by atoms with Crippen LogP contribution in [0.2, 0.25) is 0 Å². The summed E-state index contributed by atoms with van der Waals surface area (Å²) < 4.78 is 1.89. The van der Waals surface area contributed by atoms with Gasteiger partial charge in [-0.05, 0) is 44.3 Å². The first kappa shape index (κ1) is 10.6. The van der Waals surface area contributed by atoms with Gasteiger partial charge in [0.15, 0.2) is 0 Å². The van der Waals surface area contributed by atoms with Crippen molar-refractivity contribution in [1.82, 2.24) is 15.1 Å². The van der Waals surface area contributed by atoms with E-state index >= 15 is 0 Å². The van der Waals surface area contributed by atoms with E-state index in [4.69, 9.17) is 5.73 Å². The fraction of sp³-hybridized carbons (Fsp3) is 0.727. The zero-order chi connectivity index (χ0) is 10.7. The van der Waals surface area contributed by atoms with E-state index in [1.807, 2.05) is 11.7 Å². The molecule has 0 aliphatic carbocycles. The second-order valence-corrected chi connectivity index (χ2v) is 4.37. The molecule has 2 heterocycles. The fourth-order valence-corrected chi connectivity index (χ4v) is 2.26. The molecule has 0 amide bonds. The molecule has 4 nitrogen and oxygen atoms in total. The maximum absolute atomic E-state index is 5.62. The zero-order valence-corrected chi connectivity index (χ0v) is 9.37. The summed E-state index contributed by atoms with van der Waals surface area (Å²) in [6.45, 7) is 2.88. The standard InChI is InChI=1S/C11H20N4/c1-15-11(7-12)6-10(14-15)5-9-3-2-4-13-8-9/h6,9,13H,2-5,7-8,12H2,1H3. The topological polar surface area (TPSA) is 55.9 Å². The molecule has 2 rings (SSSR count). The van der Waals surface area contributed by atoms with Crippen LogP contribution in [0.5, 0.6) is 0 Å². The summed E-state index contributed by atoms with van der Waals surface area (Å²) in [7, 11) is 1.96. The predicted octanol–water partition coefficient (Wildman–Crippen LogP) is 0.421. The van der Waals surface area contributed by atoms with Crippen molar-refractivity contribution < 1.29 is 0 Å². The van der Waals surface area contributed by atoms with Crippen LogP contribution >= 0.6 is 0 Å². The van der Waals surface area contributed by atoms with E-state index in [1.165, 1.54) is 25.1 Å². The van der Waals surface area contributed by atoms with Gasteiger partial charge in [-0.2, -0.15) is 5.10 Å². The summed E-state index contributed by atoms with van der Waals surface area (Å²) in [5.74, 6) is 0.749. The summed E-state index contributed by atoms with van der Waals surface area (Å²) in [5.41, 5.74) is 7.93. The van der Waals surface area contributed by atoms with Crippen LogP contribution in [0.15, 0.2) is 6.07 Å². The maximum Gasteiger partial charge on any atom is 0.0631 e. The van der Waals surface area contributed by atoms with E-state index in [2.05, 4.69) is 16.5 Å². The third-order valence-corrected chi connectivity index (χ3v) is 3.13. The van der Waals surface area contributed by atoms with Crippen molar-refractivity contribution >= 4 is 0 Å². The van der Waals surface area contributed by atoms with Crippen molar-refractivity contribution in [2.24, 2.45) is 18.7 Å². The quantitative estimate of drug-likeness (QED) is 0.757. The Labute approximate surface area is 90.8 Å². The number of piperidine rings is 1. The highest BCUT2D eigenvalue weighted by atomic mass is 15.3. The Morgan fingerprint density at radius 3 is 3.13 bits per heavy atom. The number of hydrogen-bond donors (Lipinski definition) is 2. The number of hydrogen-bond acceptors (Lipinski definition) is 3. The molecule has 84 valence electrons. The number of nitrogens with one attached hydrogen (secondary N) is 1. The van der Waals surface area contributed by atoms with Crippen LogP contribution in [0.4, 0.5) is 0 Å². The minimum absolute atomic E-state index is 0.576. The molecular formula is C11H20N4. The molecule has 0 bridgehead atoms. The van der Waals surface area contributed by atoms with Crippen molar-refractivity contribution in [2.45, 2.75) is 25.8 Å². The number of aromatic nitrogens is 2. The SMILES string of the molecule is Cn1nc(CC2CCCNC2)cc1CN. The molecule has 1 unspecified atom stereocenters. The predicted molar refractivity (Wildman–Crippen MR) is 60.4 cm³/mol. The molecule has 1 fully saturated rings. The third-order valence-electron chi connectivity index (χ3n) is 3.13. The van der Waals surface area contributed by atoms with E-state index in [0.29, 0.717) is 6.54 Å². The van der Waals surface area contributed by atoms with Crippen LogP contribution in [0.1, 0.15) is 24.2 Å². The molecular weight excluding hydrogens is 188 g/mol. The molecule has 0 radical (unpaired) electrons. The molecule has 15 heavy (non-hydrogen) atoms. The Morgan fingerprint density at radius 2 is 2.53 bits per heavy atom. The van der Waals surface area contributed by atoms with E-state index in [1.54, 1.807) is 0 Å². The van der Waals surface area contributed by atoms with Gasteiger partial charge in [0, 0.05) is 13.6 Å². The second kappa shape index (κ2) is 4.77. The molecule has 4 heteroatoms. The number of nitrogens with two attached hydrogens (primary N) is 1. The second-order valence-electron chi connectivity index (χ2n) is 4.37. The van der Waals surface area contributed by atoms with Gasteiger partial charge in [0.1, 0.15) is 0 Å². The first-order valence-corrected chi connectivity index (χ1v) is 5.72. The summed E-state index contributed by atoms with van der Waals surface area (Å²) in [5, 5.41) is 7.92. The van der Waals surface area contributed by atoms with Crippen LogP contribution in [0, 0.1) is 5.92 Å². The lowest BCUT2D eigenvalue weighted by Crippen LogP contribution is -2.30. The summed E-state index contributed by atoms with van der Waals surface area (Å²) >= 11 is 0. The van der Waals surface area contributed by atoms with Crippen LogP contribution in [0.3, 0.4) is 0 Å². The maximum atomic E-state index is 5.62. The average Bonchev–Trinajstić information content (AvgIpc) is 2.60. The van der Waals surface area contributed by atoms with Gasteiger partial charge in [-0.3, -0.25) is 4.68 Å². The Balaban J connectivity index is 1.97. The Bertz CT molecular complexity index is 312. The van der Waals surface area contributed by atoms with Crippen molar-refractivity contribution in [1.29, 1.82) is 0 Å². The van der Waals surface area contributed by atoms with Gasteiger partial charge in [0.05, 0.1) is 11.4 Å². The van der Waals surface area contributed by atoms with E-state index in [-0.39, 0.29) is 0 Å². The normalized spacial score (nSPS) is 21.9. The molecule has 1 saturated heterocycles. The van der Waals surface area contributed by atoms with Crippen LogP contribution in [-0.4, -0.2) is 22.9 Å². The van der Waals surface area contributed by atoms with Crippen LogP contribution in [-0.2, 0) is 20.0 Å². The minimum Gasteiger partial charge on any atom is -0.325 e. The van der Waals surface area contributed by atoms with Crippen molar-refractivity contribution in [3.05, 3.63) is 17.5 Å². The monoisotopic (exact) mass is 208 g/mol. The van der Waals surface area contributed by atoms with Crippen LogP contribution < -0.4 is 11.1 Å². The highest BCUT2D eigenvalue weighted by molar-refractivity contribution is 5.10. The Kier molecular flexibility index (Phi) is 3.38.